The van der Waals surface area contributed by atoms with E-state index in [-0.39, 0.29) is 5.56 Å². The van der Waals surface area contributed by atoms with Crippen LogP contribution in [0.15, 0.2) is 46.9 Å². The van der Waals surface area contributed by atoms with Crippen molar-refractivity contribution >= 4 is 44.3 Å². The van der Waals surface area contributed by atoms with Crippen LogP contribution in [0, 0.1) is 3.57 Å². The standard InChI is InChI=1S/C14H7BrF3IO/c15-12-6-3-9(14(16,17)18)7-11(12)13(20)8-1-4-10(19)5-2-8/h1-7H. The minimum atomic E-state index is -4.47. The summed E-state index contributed by atoms with van der Waals surface area (Å²) < 4.78 is 39.4. The highest BCUT2D eigenvalue weighted by atomic mass is 127. The van der Waals surface area contributed by atoms with Gasteiger partial charge in [-0.2, -0.15) is 13.2 Å². The summed E-state index contributed by atoms with van der Waals surface area (Å²) in [5.74, 6) is -0.445. The molecule has 2 aromatic rings. The third-order valence-corrected chi connectivity index (χ3v) is 4.06. The van der Waals surface area contributed by atoms with E-state index in [4.69, 9.17) is 0 Å². The van der Waals surface area contributed by atoms with Gasteiger partial charge < -0.3 is 0 Å². The Labute approximate surface area is 135 Å². The van der Waals surface area contributed by atoms with Gasteiger partial charge in [0.15, 0.2) is 5.78 Å². The number of carbonyl (C=O) groups is 1. The van der Waals surface area contributed by atoms with Crippen molar-refractivity contribution < 1.29 is 18.0 Å². The average Bonchev–Trinajstić information content (AvgIpc) is 2.38. The normalized spacial score (nSPS) is 11.4. The molecule has 0 aliphatic heterocycles. The molecule has 0 radical (unpaired) electrons. The minimum absolute atomic E-state index is 0.000957. The number of carbonyl (C=O) groups excluding carboxylic acids is 1. The number of hydrogen-bond acceptors (Lipinski definition) is 1. The van der Waals surface area contributed by atoms with E-state index in [1.807, 2.05) is 0 Å². The van der Waals surface area contributed by atoms with Crippen molar-refractivity contribution in [3.63, 3.8) is 0 Å². The van der Waals surface area contributed by atoms with Gasteiger partial charge in [0.1, 0.15) is 0 Å². The lowest BCUT2D eigenvalue weighted by Gasteiger charge is -2.10. The molecule has 0 heterocycles. The Morgan fingerprint density at radius 1 is 1.05 bits per heavy atom. The molecule has 0 unspecified atom stereocenters. The largest absolute Gasteiger partial charge is 0.416 e. The molecule has 1 nitrogen and oxygen atoms in total. The van der Waals surface area contributed by atoms with Gasteiger partial charge in [0, 0.05) is 19.2 Å². The molecule has 2 rings (SSSR count). The molecule has 0 spiro atoms. The molecule has 0 aliphatic carbocycles. The number of ketones is 1. The quantitative estimate of drug-likeness (QED) is 0.444. The second-order valence-electron chi connectivity index (χ2n) is 4.03. The first-order valence-electron chi connectivity index (χ1n) is 5.46. The molecule has 2 aromatic carbocycles. The third kappa shape index (κ3) is 3.41. The van der Waals surface area contributed by atoms with E-state index in [1.165, 1.54) is 6.07 Å². The molecular formula is C14H7BrF3IO. The maximum absolute atomic E-state index is 12.7. The minimum Gasteiger partial charge on any atom is -0.289 e. The Bertz CT molecular complexity index is 650. The highest BCUT2D eigenvalue weighted by Gasteiger charge is 2.31. The summed E-state index contributed by atoms with van der Waals surface area (Å²) >= 11 is 5.21. The molecule has 0 bridgehead atoms. The van der Waals surface area contributed by atoms with Gasteiger partial charge in [0.25, 0.3) is 0 Å². The molecule has 0 saturated heterocycles. The number of hydrogen-bond donors (Lipinski definition) is 0. The predicted octanol–water partition coefficient (Wildman–Crippen LogP) is 5.30. The van der Waals surface area contributed by atoms with E-state index < -0.39 is 17.5 Å². The van der Waals surface area contributed by atoms with Crippen molar-refractivity contribution in [2.24, 2.45) is 0 Å². The van der Waals surface area contributed by atoms with Crippen LogP contribution in [0.5, 0.6) is 0 Å². The lowest BCUT2D eigenvalue weighted by molar-refractivity contribution is -0.137. The van der Waals surface area contributed by atoms with Gasteiger partial charge in [0.2, 0.25) is 0 Å². The van der Waals surface area contributed by atoms with Gasteiger partial charge >= 0.3 is 6.18 Å². The SMILES string of the molecule is O=C(c1ccc(I)cc1)c1cc(C(F)(F)F)ccc1Br. The van der Waals surface area contributed by atoms with Crippen LogP contribution in [-0.4, -0.2) is 5.78 Å². The van der Waals surface area contributed by atoms with Crippen molar-refractivity contribution in [3.8, 4) is 0 Å². The zero-order valence-corrected chi connectivity index (χ0v) is 13.6. The maximum Gasteiger partial charge on any atom is 0.416 e. The summed E-state index contributed by atoms with van der Waals surface area (Å²) in [7, 11) is 0. The second-order valence-corrected chi connectivity index (χ2v) is 6.13. The van der Waals surface area contributed by atoms with Gasteiger partial charge in [-0.25, -0.2) is 0 Å². The Kier molecular flexibility index (Phi) is 4.53. The van der Waals surface area contributed by atoms with Gasteiger partial charge in [-0.3, -0.25) is 4.79 Å². The van der Waals surface area contributed by atoms with Crippen molar-refractivity contribution in [2.75, 3.05) is 0 Å². The van der Waals surface area contributed by atoms with E-state index >= 15 is 0 Å². The van der Waals surface area contributed by atoms with E-state index in [2.05, 4.69) is 38.5 Å². The van der Waals surface area contributed by atoms with Crippen LogP contribution in [0.25, 0.3) is 0 Å². The summed E-state index contributed by atoms with van der Waals surface area (Å²) in [6.07, 6.45) is -4.47. The summed E-state index contributed by atoms with van der Waals surface area (Å²) in [5.41, 5.74) is -0.485. The van der Waals surface area contributed by atoms with Crippen LogP contribution in [0.4, 0.5) is 13.2 Å². The molecule has 104 valence electrons. The number of alkyl halides is 3. The fourth-order valence-corrected chi connectivity index (χ4v) is 2.42. The number of rotatable bonds is 2. The summed E-state index contributed by atoms with van der Waals surface area (Å²) in [5, 5.41) is 0. The smallest absolute Gasteiger partial charge is 0.289 e. The van der Waals surface area contributed by atoms with Crippen LogP contribution in [0.3, 0.4) is 0 Å². The van der Waals surface area contributed by atoms with E-state index in [9.17, 15) is 18.0 Å². The Morgan fingerprint density at radius 3 is 2.20 bits per heavy atom. The maximum atomic E-state index is 12.7. The van der Waals surface area contributed by atoms with Crippen molar-refractivity contribution in [1.29, 1.82) is 0 Å². The van der Waals surface area contributed by atoms with Gasteiger partial charge in [-0.15, -0.1) is 0 Å². The Balaban J connectivity index is 2.46. The Hall–Kier alpha value is -0.890. The zero-order chi connectivity index (χ0) is 14.9. The Morgan fingerprint density at radius 2 is 1.65 bits per heavy atom. The average molecular weight is 455 g/mol. The lowest BCUT2D eigenvalue weighted by Crippen LogP contribution is -2.09. The summed E-state index contributed by atoms with van der Waals surface area (Å²) in [6.45, 7) is 0. The lowest BCUT2D eigenvalue weighted by atomic mass is 10.0. The first-order valence-corrected chi connectivity index (χ1v) is 7.33. The molecule has 0 aromatic heterocycles. The molecule has 20 heavy (non-hydrogen) atoms. The molecule has 6 heteroatoms. The van der Waals surface area contributed by atoms with E-state index in [0.29, 0.717) is 10.0 Å². The zero-order valence-electron chi connectivity index (χ0n) is 9.84. The van der Waals surface area contributed by atoms with Crippen molar-refractivity contribution in [2.45, 2.75) is 6.18 Å². The number of halogens is 5. The topological polar surface area (TPSA) is 17.1 Å². The predicted molar refractivity (Wildman–Crippen MR) is 81.7 cm³/mol. The molecule has 0 atom stereocenters. The van der Waals surface area contributed by atoms with Crippen LogP contribution in [0.1, 0.15) is 21.5 Å². The van der Waals surface area contributed by atoms with E-state index in [1.54, 1.807) is 24.3 Å². The highest BCUT2D eigenvalue weighted by Crippen LogP contribution is 2.32. The van der Waals surface area contributed by atoms with Gasteiger partial charge in [-0.05, 0) is 65.1 Å². The van der Waals surface area contributed by atoms with Crippen molar-refractivity contribution in [1.82, 2.24) is 0 Å². The second kappa shape index (κ2) is 5.85. The van der Waals surface area contributed by atoms with Crippen LogP contribution in [0.2, 0.25) is 0 Å². The number of benzene rings is 2. The van der Waals surface area contributed by atoms with E-state index in [0.717, 1.165) is 15.7 Å². The van der Waals surface area contributed by atoms with Crippen molar-refractivity contribution in [3.05, 3.63) is 67.2 Å². The molecule has 0 N–H and O–H groups in total. The summed E-state index contributed by atoms with van der Waals surface area (Å²) in [4.78, 5) is 12.3. The fraction of sp³-hybridized carbons (Fsp3) is 0.0714. The van der Waals surface area contributed by atoms with Gasteiger partial charge in [0.05, 0.1) is 5.56 Å². The summed E-state index contributed by atoms with van der Waals surface area (Å²) in [6, 6.07) is 9.69. The van der Waals surface area contributed by atoms with Crippen LogP contribution >= 0.6 is 38.5 Å². The molecular weight excluding hydrogens is 448 g/mol. The fourth-order valence-electron chi connectivity index (χ4n) is 1.63. The highest BCUT2D eigenvalue weighted by molar-refractivity contribution is 14.1. The van der Waals surface area contributed by atoms with Crippen LogP contribution < -0.4 is 0 Å². The first-order chi connectivity index (χ1) is 9.29. The first kappa shape index (κ1) is 15.5. The molecule has 0 aliphatic rings. The molecule has 0 fully saturated rings. The van der Waals surface area contributed by atoms with Crippen LogP contribution in [-0.2, 0) is 6.18 Å². The third-order valence-electron chi connectivity index (χ3n) is 2.64. The monoisotopic (exact) mass is 454 g/mol. The molecule has 0 amide bonds. The molecule has 0 saturated carbocycles. The van der Waals surface area contributed by atoms with Gasteiger partial charge in [-0.1, -0.05) is 15.9 Å².